The summed E-state index contributed by atoms with van der Waals surface area (Å²) in [5.74, 6) is 0.735. The van der Waals surface area contributed by atoms with Crippen molar-refractivity contribution in [3.63, 3.8) is 0 Å². The van der Waals surface area contributed by atoms with Crippen molar-refractivity contribution in [2.45, 2.75) is 57.8 Å². The molecule has 1 aromatic carbocycles. The average Bonchev–Trinajstić information content (AvgIpc) is 3.22. The molecule has 1 saturated heterocycles. The van der Waals surface area contributed by atoms with Gasteiger partial charge in [0.1, 0.15) is 11.4 Å². The molecule has 2 atom stereocenters. The summed E-state index contributed by atoms with van der Waals surface area (Å²) in [5.41, 5.74) is 1.64. The quantitative estimate of drug-likeness (QED) is 0.713. The number of imidazole rings is 1. The fourth-order valence-corrected chi connectivity index (χ4v) is 4.11. The van der Waals surface area contributed by atoms with Crippen molar-refractivity contribution in [1.29, 1.82) is 0 Å². The van der Waals surface area contributed by atoms with Crippen LogP contribution in [0.3, 0.4) is 0 Å². The summed E-state index contributed by atoms with van der Waals surface area (Å²) in [6.45, 7) is 7.96. The Balaban J connectivity index is 1.68. The summed E-state index contributed by atoms with van der Waals surface area (Å²) >= 11 is 3.48. The third-order valence-corrected chi connectivity index (χ3v) is 5.27. The SMILES string of the molecule is CC1=NO[C@@]2(C1)CC(c1nc3cc(Br)ccc3[nH]1)N(C(=O)OC(C)(C)C)C2. The molecule has 2 aromatic rings. The van der Waals surface area contributed by atoms with Crippen LogP contribution >= 0.6 is 15.9 Å². The van der Waals surface area contributed by atoms with Crippen LogP contribution in [-0.2, 0) is 9.57 Å². The zero-order valence-corrected chi connectivity index (χ0v) is 17.5. The number of ether oxygens (including phenoxy) is 1. The molecule has 2 aliphatic rings. The largest absolute Gasteiger partial charge is 0.444 e. The minimum absolute atomic E-state index is 0.257. The van der Waals surface area contributed by atoms with E-state index in [-0.39, 0.29) is 12.1 Å². The Hall–Kier alpha value is -2.09. The number of nitrogens with zero attached hydrogens (tertiary/aromatic N) is 3. The standard InChI is InChI=1S/C19H23BrN4O3/c1-11-8-19(27-23-11)9-15(24(10-19)17(25)26-18(2,3)4)16-21-13-6-5-12(20)7-14(13)22-16/h5-7,15H,8-10H2,1-4H3,(H,21,22)/t15?,19-/m0/s1. The van der Waals surface area contributed by atoms with Crippen LogP contribution < -0.4 is 0 Å². The molecule has 0 saturated carbocycles. The summed E-state index contributed by atoms with van der Waals surface area (Å²) in [6, 6.07) is 5.63. The van der Waals surface area contributed by atoms with E-state index < -0.39 is 11.2 Å². The Morgan fingerprint density at radius 1 is 1.44 bits per heavy atom. The van der Waals surface area contributed by atoms with E-state index in [0.717, 1.165) is 27.0 Å². The number of aromatic nitrogens is 2. The number of nitrogens with one attached hydrogen (secondary N) is 1. The molecule has 8 heteroatoms. The Bertz CT molecular complexity index is 933. The summed E-state index contributed by atoms with van der Waals surface area (Å²) < 4.78 is 6.60. The van der Waals surface area contributed by atoms with Crippen LogP contribution in [0.5, 0.6) is 0 Å². The lowest BCUT2D eigenvalue weighted by Crippen LogP contribution is -2.40. The molecule has 0 aliphatic carbocycles. The molecular formula is C19H23BrN4O3. The van der Waals surface area contributed by atoms with E-state index in [2.05, 4.69) is 26.1 Å². The number of rotatable bonds is 1. The average molecular weight is 435 g/mol. The van der Waals surface area contributed by atoms with Crippen LogP contribution in [0.2, 0.25) is 0 Å². The van der Waals surface area contributed by atoms with Gasteiger partial charge in [-0.1, -0.05) is 21.1 Å². The summed E-state index contributed by atoms with van der Waals surface area (Å²) in [5, 5.41) is 4.12. The monoisotopic (exact) mass is 434 g/mol. The van der Waals surface area contributed by atoms with Gasteiger partial charge < -0.3 is 14.6 Å². The molecule has 0 radical (unpaired) electrons. The maximum absolute atomic E-state index is 12.9. The number of hydrogen-bond donors (Lipinski definition) is 1. The van der Waals surface area contributed by atoms with Gasteiger partial charge >= 0.3 is 6.09 Å². The first-order chi connectivity index (χ1) is 12.6. The first-order valence-electron chi connectivity index (χ1n) is 9.01. The second kappa shape index (κ2) is 6.22. The summed E-state index contributed by atoms with van der Waals surface area (Å²) in [4.78, 5) is 28.5. The maximum atomic E-state index is 12.9. The molecule has 1 fully saturated rings. The van der Waals surface area contributed by atoms with Gasteiger partial charge in [0.15, 0.2) is 5.60 Å². The van der Waals surface area contributed by atoms with Gasteiger partial charge in [-0.15, -0.1) is 0 Å². The number of amides is 1. The minimum atomic E-state index is -0.570. The molecule has 3 heterocycles. The van der Waals surface area contributed by atoms with Crippen LogP contribution in [0.4, 0.5) is 4.79 Å². The number of H-pyrrole nitrogens is 1. The highest BCUT2D eigenvalue weighted by Gasteiger charge is 2.53. The molecule has 1 unspecified atom stereocenters. The number of halogens is 1. The Morgan fingerprint density at radius 3 is 2.89 bits per heavy atom. The Morgan fingerprint density at radius 2 is 2.22 bits per heavy atom. The summed E-state index contributed by atoms with van der Waals surface area (Å²) in [7, 11) is 0. The highest BCUT2D eigenvalue weighted by atomic mass is 79.9. The van der Waals surface area contributed by atoms with Crippen LogP contribution in [0, 0.1) is 0 Å². The topological polar surface area (TPSA) is 79.8 Å². The van der Waals surface area contributed by atoms with E-state index in [4.69, 9.17) is 14.6 Å². The van der Waals surface area contributed by atoms with E-state index >= 15 is 0 Å². The first kappa shape index (κ1) is 18.3. The lowest BCUT2D eigenvalue weighted by atomic mass is 9.94. The second-order valence-corrected chi connectivity index (χ2v) is 9.30. The van der Waals surface area contributed by atoms with E-state index in [9.17, 15) is 4.79 Å². The van der Waals surface area contributed by atoms with Crippen molar-refractivity contribution < 1.29 is 14.4 Å². The first-order valence-corrected chi connectivity index (χ1v) is 9.80. The Labute approximate surface area is 166 Å². The predicted molar refractivity (Wildman–Crippen MR) is 106 cm³/mol. The van der Waals surface area contributed by atoms with Crippen LogP contribution in [-0.4, -0.2) is 44.4 Å². The molecule has 7 nitrogen and oxygen atoms in total. The van der Waals surface area contributed by atoms with Gasteiger partial charge in [-0.3, -0.25) is 4.90 Å². The number of oxime groups is 1. The molecule has 1 spiro atoms. The molecule has 1 aromatic heterocycles. The van der Waals surface area contributed by atoms with Crippen molar-refractivity contribution in [3.05, 3.63) is 28.5 Å². The van der Waals surface area contributed by atoms with Gasteiger partial charge in [0.2, 0.25) is 0 Å². The molecule has 144 valence electrons. The fourth-order valence-electron chi connectivity index (χ4n) is 3.76. The third kappa shape index (κ3) is 3.54. The van der Waals surface area contributed by atoms with Gasteiger partial charge in [0, 0.05) is 17.3 Å². The van der Waals surface area contributed by atoms with Crippen LogP contribution in [0.1, 0.15) is 52.4 Å². The zero-order chi connectivity index (χ0) is 19.4. The maximum Gasteiger partial charge on any atom is 0.411 e. The molecule has 2 aliphatic heterocycles. The van der Waals surface area contributed by atoms with E-state index in [0.29, 0.717) is 19.4 Å². The van der Waals surface area contributed by atoms with E-state index in [1.54, 1.807) is 4.90 Å². The van der Waals surface area contributed by atoms with Crippen molar-refractivity contribution in [1.82, 2.24) is 14.9 Å². The lowest BCUT2D eigenvalue weighted by Gasteiger charge is -2.27. The van der Waals surface area contributed by atoms with Crippen LogP contribution in [0.25, 0.3) is 11.0 Å². The molecular weight excluding hydrogens is 412 g/mol. The van der Waals surface area contributed by atoms with Gasteiger partial charge in [-0.25, -0.2) is 9.78 Å². The zero-order valence-electron chi connectivity index (χ0n) is 15.9. The second-order valence-electron chi connectivity index (χ2n) is 8.39. The predicted octanol–water partition coefficient (Wildman–Crippen LogP) is 4.54. The van der Waals surface area contributed by atoms with Crippen molar-refractivity contribution in [3.8, 4) is 0 Å². The minimum Gasteiger partial charge on any atom is -0.444 e. The highest BCUT2D eigenvalue weighted by molar-refractivity contribution is 9.10. The van der Waals surface area contributed by atoms with Crippen molar-refractivity contribution in [2.24, 2.45) is 5.16 Å². The number of likely N-dealkylation sites (tertiary alicyclic amines) is 1. The molecule has 0 bridgehead atoms. The van der Waals surface area contributed by atoms with Gasteiger partial charge in [-0.2, -0.15) is 0 Å². The number of hydrogen-bond acceptors (Lipinski definition) is 5. The number of carbonyl (C=O) groups excluding carboxylic acids is 1. The fraction of sp³-hybridized carbons (Fsp3) is 0.526. The number of aromatic amines is 1. The Kier molecular flexibility index (Phi) is 4.21. The lowest BCUT2D eigenvalue weighted by molar-refractivity contribution is -0.0159. The van der Waals surface area contributed by atoms with Crippen molar-refractivity contribution in [2.75, 3.05) is 6.54 Å². The molecule has 1 N–H and O–H groups in total. The van der Waals surface area contributed by atoms with Crippen LogP contribution in [0.15, 0.2) is 27.8 Å². The highest BCUT2D eigenvalue weighted by Crippen LogP contribution is 2.44. The van der Waals surface area contributed by atoms with E-state index in [1.165, 1.54) is 0 Å². The number of fused-ring (bicyclic) bond motifs is 1. The van der Waals surface area contributed by atoms with Gasteiger partial charge in [0.05, 0.1) is 29.3 Å². The third-order valence-electron chi connectivity index (χ3n) is 4.78. The number of benzene rings is 1. The molecule has 4 rings (SSSR count). The van der Waals surface area contributed by atoms with Gasteiger partial charge in [-0.05, 0) is 45.9 Å². The smallest absolute Gasteiger partial charge is 0.411 e. The molecule has 27 heavy (non-hydrogen) atoms. The molecule has 1 amide bonds. The normalized spacial score (nSPS) is 25.1. The van der Waals surface area contributed by atoms with E-state index in [1.807, 2.05) is 45.9 Å². The van der Waals surface area contributed by atoms with Gasteiger partial charge in [0.25, 0.3) is 0 Å². The van der Waals surface area contributed by atoms with Crippen molar-refractivity contribution >= 4 is 38.8 Å². The summed E-state index contributed by atoms with van der Waals surface area (Å²) in [6.07, 6.45) is 0.960. The number of carbonyl (C=O) groups is 1.